The Morgan fingerprint density at radius 3 is 3.00 bits per heavy atom. The van der Waals surface area contributed by atoms with Crippen LogP contribution >= 0.6 is 15.9 Å². The highest BCUT2D eigenvalue weighted by Gasteiger charge is 1.93. The fourth-order valence-corrected chi connectivity index (χ4v) is 1.43. The second-order valence-electron chi connectivity index (χ2n) is 3.26. The first-order chi connectivity index (χ1) is 6.72. The average Bonchev–Trinajstić information content (AvgIpc) is 2.17. The van der Waals surface area contributed by atoms with Crippen molar-refractivity contribution >= 4 is 22.0 Å². The average molecular weight is 255 g/mol. The normalized spacial score (nSPS) is 13.4. The van der Waals surface area contributed by atoms with Crippen molar-refractivity contribution in [1.82, 2.24) is 10.3 Å². The van der Waals surface area contributed by atoms with Crippen LogP contribution in [0.2, 0.25) is 0 Å². The third-order valence-corrected chi connectivity index (χ3v) is 2.45. The van der Waals surface area contributed by atoms with E-state index in [0.717, 1.165) is 16.5 Å². The zero-order chi connectivity index (χ0) is 10.4. The molecule has 1 rings (SSSR count). The SMILES string of the molecule is CNC(C)CC=Cc1cncc(Br)c1. The summed E-state index contributed by atoms with van der Waals surface area (Å²) in [7, 11) is 1.97. The third-order valence-electron chi connectivity index (χ3n) is 2.02. The van der Waals surface area contributed by atoms with E-state index in [4.69, 9.17) is 0 Å². The molecule has 0 aliphatic rings. The highest BCUT2D eigenvalue weighted by atomic mass is 79.9. The van der Waals surface area contributed by atoms with Gasteiger partial charge in [0.05, 0.1) is 0 Å². The molecule has 1 unspecified atom stereocenters. The Morgan fingerprint density at radius 1 is 1.57 bits per heavy atom. The predicted octanol–water partition coefficient (Wildman–Crippen LogP) is 2.86. The van der Waals surface area contributed by atoms with Gasteiger partial charge in [-0.25, -0.2) is 0 Å². The molecule has 0 radical (unpaired) electrons. The van der Waals surface area contributed by atoms with Gasteiger partial charge in [0.15, 0.2) is 0 Å². The number of hydrogen-bond acceptors (Lipinski definition) is 2. The topological polar surface area (TPSA) is 24.9 Å². The highest BCUT2D eigenvalue weighted by Crippen LogP contribution is 2.11. The fourth-order valence-electron chi connectivity index (χ4n) is 1.05. The lowest BCUT2D eigenvalue weighted by Crippen LogP contribution is -2.19. The Labute approximate surface area is 93.6 Å². The van der Waals surface area contributed by atoms with Crippen LogP contribution in [0.5, 0.6) is 0 Å². The predicted molar refractivity (Wildman–Crippen MR) is 64.1 cm³/mol. The number of halogens is 1. The summed E-state index contributed by atoms with van der Waals surface area (Å²) >= 11 is 3.39. The highest BCUT2D eigenvalue weighted by molar-refractivity contribution is 9.10. The summed E-state index contributed by atoms with van der Waals surface area (Å²) in [5, 5.41) is 3.19. The van der Waals surface area contributed by atoms with Crippen molar-refractivity contribution in [3.05, 3.63) is 34.6 Å². The van der Waals surface area contributed by atoms with E-state index in [0.29, 0.717) is 6.04 Å². The van der Waals surface area contributed by atoms with Gasteiger partial charge in [0.1, 0.15) is 0 Å². The summed E-state index contributed by atoms with van der Waals surface area (Å²) in [6.07, 6.45) is 8.91. The van der Waals surface area contributed by atoms with Crippen LogP contribution in [0.4, 0.5) is 0 Å². The second kappa shape index (κ2) is 5.94. The number of pyridine rings is 1. The van der Waals surface area contributed by atoms with Gasteiger partial charge in [-0.05, 0) is 48.0 Å². The fraction of sp³-hybridized carbons (Fsp3) is 0.364. The number of rotatable bonds is 4. The monoisotopic (exact) mass is 254 g/mol. The molecule has 0 aromatic carbocycles. The zero-order valence-corrected chi connectivity index (χ0v) is 10.1. The summed E-state index contributed by atoms with van der Waals surface area (Å²) in [5.41, 5.74) is 1.13. The minimum atomic E-state index is 0.520. The Bertz CT molecular complexity index is 310. The van der Waals surface area contributed by atoms with E-state index in [2.05, 4.69) is 45.3 Å². The van der Waals surface area contributed by atoms with Crippen molar-refractivity contribution in [3.63, 3.8) is 0 Å². The first kappa shape index (κ1) is 11.4. The number of aromatic nitrogens is 1. The standard InChI is InChI=1S/C11H15BrN2/c1-9(13-2)4-3-5-10-6-11(12)8-14-7-10/h3,5-9,13H,4H2,1-2H3. The molecular formula is C11H15BrN2. The van der Waals surface area contributed by atoms with Crippen molar-refractivity contribution in [1.29, 1.82) is 0 Å². The summed E-state index contributed by atoms with van der Waals surface area (Å²) in [4.78, 5) is 4.09. The molecule has 0 saturated heterocycles. The van der Waals surface area contributed by atoms with Crippen molar-refractivity contribution in [2.75, 3.05) is 7.05 Å². The Hall–Kier alpha value is -0.670. The molecule has 0 bridgehead atoms. The van der Waals surface area contributed by atoms with Crippen LogP contribution in [0.25, 0.3) is 6.08 Å². The maximum absolute atomic E-state index is 4.09. The van der Waals surface area contributed by atoms with Gasteiger partial charge in [-0.2, -0.15) is 0 Å². The van der Waals surface area contributed by atoms with Gasteiger partial charge in [-0.1, -0.05) is 12.2 Å². The Morgan fingerprint density at radius 2 is 2.36 bits per heavy atom. The third kappa shape index (κ3) is 4.03. The van der Waals surface area contributed by atoms with Gasteiger partial charge in [0.2, 0.25) is 0 Å². The van der Waals surface area contributed by atoms with E-state index >= 15 is 0 Å². The quantitative estimate of drug-likeness (QED) is 0.894. The molecule has 0 amide bonds. The number of nitrogens with one attached hydrogen (secondary N) is 1. The van der Waals surface area contributed by atoms with Crippen LogP contribution in [0.1, 0.15) is 18.9 Å². The molecular weight excluding hydrogens is 240 g/mol. The molecule has 1 heterocycles. The molecule has 0 spiro atoms. The largest absolute Gasteiger partial charge is 0.317 e. The molecule has 1 atom stereocenters. The smallest absolute Gasteiger partial charge is 0.0410 e. The van der Waals surface area contributed by atoms with E-state index in [1.807, 2.05) is 19.3 Å². The van der Waals surface area contributed by atoms with Crippen LogP contribution in [-0.4, -0.2) is 18.1 Å². The molecule has 1 aromatic heterocycles. The Balaban J connectivity index is 2.51. The van der Waals surface area contributed by atoms with Crippen LogP contribution in [0.15, 0.2) is 29.0 Å². The Kier molecular flexibility index (Phi) is 4.84. The van der Waals surface area contributed by atoms with Crippen molar-refractivity contribution in [2.45, 2.75) is 19.4 Å². The summed E-state index contributed by atoms with van der Waals surface area (Å²) < 4.78 is 1.02. The van der Waals surface area contributed by atoms with Crippen LogP contribution in [-0.2, 0) is 0 Å². The van der Waals surface area contributed by atoms with Gasteiger partial charge >= 0.3 is 0 Å². The summed E-state index contributed by atoms with van der Waals surface area (Å²) in [6.45, 7) is 2.16. The van der Waals surface area contributed by atoms with Crippen molar-refractivity contribution in [2.24, 2.45) is 0 Å². The minimum Gasteiger partial charge on any atom is -0.317 e. The molecule has 2 nitrogen and oxygen atoms in total. The summed E-state index contributed by atoms with van der Waals surface area (Å²) in [5.74, 6) is 0. The van der Waals surface area contributed by atoms with Gasteiger partial charge in [0, 0.05) is 22.9 Å². The lowest BCUT2D eigenvalue weighted by molar-refractivity contribution is 0.621. The van der Waals surface area contributed by atoms with Crippen molar-refractivity contribution < 1.29 is 0 Å². The molecule has 3 heteroatoms. The van der Waals surface area contributed by atoms with Crippen molar-refractivity contribution in [3.8, 4) is 0 Å². The molecule has 14 heavy (non-hydrogen) atoms. The van der Waals surface area contributed by atoms with E-state index in [1.54, 1.807) is 6.20 Å². The van der Waals surface area contributed by atoms with E-state index in [-0.39, 0.29) is 0 Å². The number of nitrogens with zero attached hydrogens (tertiary/aromatic N) is 1. The molecule has 0 aliphatic heterocycles. The first-order valence-corrected chi connectivity index (χ1v) is 5.46. The molecule has 76 valence electrons. The minimum absolute atomic E-state index is 0.520. The zero-order valence-electron chi connectivity index (χ0n) is 8.50. The van der Waals surface area contributed by atoms with E-state index < -0.39 is 0 Å². The van der Waals surface area contributed by atoms with Gasteiger partial charge in [0.25, 0.3) is 0 Å². The second-order valence-corrected chi connectivity index (χ2v) is 4.18. The number of hydrogen-bond donors (Lipinski definition) is 1. The van der Waals surface area contributed by atoms with E-state index in [9.17, 15) is 0 Å². The van der Waals surface area contributed by atoms with Gasteiger partial charge < -0.3 is 5.32 Å². The maximum Gasteiger partial charge on any atom is 0.0410 e. The summed E-state index contributed by atoms with van der Waals surface area (Å²) in [6, 6.07) is 2.57. The lowest BCUT2D eigenvalue weighted by atomic mass is 10.2. The van der Waals surface area contributed by atoms with Crippen LogP contribution in [0.3, 0.4) is 0 Å². The molecule has 1 N–H and O–H groups in total. The van der Waals surface area contributed by atoms with E-state index in [1.165, 1.54) is 0 Å². The molecule has 0 aliphatic carbocycles. The van der Waals surface area contributed by atoms with Gasteiger partial charge in [-0.15, -0.1) is 0 Å². The first-order valence-electron chi connectivity index (χ1n) is 4.66. The molecule has 0 fully saturated rings. The molecule has 0 saturated carbocycles. The molecule has 1 aromatic rings. The van der Waals surface area contributed by atoms with Crippen LogP contribution in [0, 0.1) is 0 Å². The van der Waals surface area contributed by atoms with Gasteiger partial charge in [-0.3, -0.25) is 4.98 Å². The maximum atomic E-state index is 4.09. The lowest BCUT2D eigenvalue weighted by Gasteiger charge is -2.04. The van der Waals surface area contributed by atoms with Crippen LogP contribution < -0.4 is 5.32 Å².